The number of fused-ring (bicyclic) bond motifs is 2. The topological polar surface area (TPSA) is 251 Å². The van der Waals surface area contributed by atoms with Crippen molar-refractivity contribution in [2.24, 2.45) is 23.7 Å². The summed E-state index contributed by atoms with van der Waals surface area (Å²) < 4.78 is 36.6. The fourth-order valence-electron chi connectivity index (χ4n) is 8.78. The number of hydrogen-bond acceptors (Lipinski definition) is 16. The maximum absolute atomic E-state index is 13.2. The van der Waals surface area contributed by atoms with Crippen molar-refractivity contribution in [3.63, 3.8) is 0 Å². The molecule has 16 heteroatoms. The number of allylic oxidation sites excluding steroid dienone is 8. The Kier molecular flexibility index (Phi) is 20.5. The van der Waals surface area contributed by atoms with E-state index < -0.39 is 128 Å². The van der Waals surface area contributed by atoms with Crippen LogP contribution in [0.15, 0.2) is 60.8 Å². The fraction of sp³-hybridized carbons (Fsp3) is 0.750. The largest absolute Gasteiger partial charge is 0.462 e. The van der Waals surface area contributed by atoms with Crippen LogP contribution in [-0.2, 0) is 38.0 Å². The summed E-state index contributed by atoms with van der Waals surface area (Å²) in [5.41, 5.74) is -1.93. The number of ketones is 1. The van der Waals surface area contributed by atoms with Gasteiger partial charge in [0.2, 0.25) is 0 Å². The maximum atomic E-state index is 13.2. The van der Waals surface area contributed by atoms with E-state index in [1.165, 1.54) is 6.92 Å². The minimum absolute atomic E-state index is 0.0719. The van der Waals surface area contributed by atoms with Crippen molar-refractivity contribution >= 4 is 11.8 Å². The minimum Gasteiger partial charge on any atom is -0.462 e. The summed E-state index contributed by atoms with van der Waals surface area (Å²) in [5.74, 6) is -4.89. The number of hydrogen-bond donors (Lipinski definition) is 8. The first-order chi connectivity index (χ1) is 30.1. The van der Waals surface area contributed by atoms with Crippen LogP contribution in [0.3, 0.4) is 0 Å². The Balaban J connectivity index is 1.62. The average Bonchev–Trinajstić information content (AvgIpc) is 3.22. The van der Waals surface area contributed by atoms with Gasteiger partial charge in [0.25, 0.3) is 0 Å². The fourth-order valence-corrected chi connectivity index (χ4v) is 8.78. The average molecular weight is 909 g/mol. The smallest absolute Gasteiger partial charge is 0.306 e. The number of esters is 1. The van der Waals surface area contributed by atoms with Crippen LogP contribution in [-0.4, -0.2) is 150 Å². The second-order valence-corrected chi connectivity index (χ2v) is 18.7. The summed E-state index contributed by atoms with van der Waals surface area (Å²) in [6.45, 7) is 14.2. The second-order valence-electron chi connectivity index (χ2n) is 18.7. The quantitative estimate of drug-likeness (QED) is 0.185. The molecule has 0 spiro atoms. The Morgan fingerprint density at radius 2 is 1.36 bits per heavy atom. The molecular formula is C48H76O16. The predicted molar refractivity (Wildman–Crippen MR) is 235 cm³/mol. The second kappa shape index (κ2) is 24.4. The minimum atomic E-state index is -2.23. The SMILES string of the molecule is CCC1OC(=O)CC[C@@H](O)C(=O)C[C@H](O)C[C@]2(O)C[C@H](O)[C@](C)(O)C(CC(O[C@@H]3O[C@H](C)[C@@H](O)[C@H](C)[C@@H]3O)/C=C/C=C/C=C/C=C/C=C/C(C)C(O[C@H]3C[C@@H](O)[C@@H](C)[C@H](C)O3)C1C)O2. The van der Waals surface area contributed by atoms with Crippen LogP contribution >= 0.6 is 0 Å². The van der Waals surface area contributed by atoms with E-state index in [1.54, 1.807) is 44.2 Å². The summed E-state index contributed by atoms with van der Waals surface area (Å²) in [7, 11) is 0. The highest BCUT2D eigenvalue weighted by molar-refractivity contribution is 5.83. The molecule has 2 bridgehead atoms. The third-order valence-electron chi connectivity index (χ3n) is 13.4. The van der Waals surface area contributed by atoms with Gasteiger partial charge in [-0.3, -0.25) is 9.59 Å². The van der Waals surface area contributed by atoms with Crippen LogP contribution in [0.25, 0.3) is 0 Å². The van der Waals surface area contributed by atoms with Crippen molar-refractivity contribution in [3.8, 4) is 0 Å². The normalized spacial score (nSPS) is 47.9. The van der Waals surface area contributed by atoms with Gasteiger partial charge in [-0.15, -0.1) is 0 Å². The Bertz CT molecular complexity index is 1620. The van der Waals surface area contributed by atoms with E-state index in [0.717, 1.165) is 0 Å². The monoisotopic (exact) mass is 909 g/mol. The van der Waals surface area contributed by atoms with Crippen molar-refractivity contribution in [3.05, 3.63) is 60.8 Å². The summed E-state index contributed by atoms with van der Waals surface area (Å²) in [6.07, 6.45) is 2.45. The highest BCUT2D eigenvalue weighted by atomic mass is 16.7. The molecule has 364 valence electrons. The van der Waals surface area contributed by atoms with Crippen molar-refractivity contribution in [1.29, 1.82) is 0 Å². The molecule has 0 radical (unpaired) electrons. The molecule has 4 rings (SSSR count). The lowest BCUT2D eigenvalue weighted by Crippen LogP contribution is -2.63. The molecule has 0 aromatic carbocycles. The van der Waals surface area contributed by atoms with Gasteiger partial charge in [-0.1, -0.05) is 95.4 Å². The first kappa shape index (κ1) is 53.9. The molecule has 3 fully saturated rings. The van der Waals surface area contributed by atoms with Crippen molar-refractivity contribution in [2.45, 2.75) is 204 Å². The van der Waals surface area contributed by atoms with Gasteiger partial charge in [0, 0.05) is 62.2 Å². The van der Waals surface area contributed by atoms with E-state index >= 15 is 0 Å². The van der Waals surface area contributed by atoms with Gasteiger partial charge in [0.05, 0.1) is 54.9 Å². The van der Waals surface area contributed by atoms with Gasteiger partial charge in [-0.25, -0.2) is 0 Å². The third-order valence-corrected chi connectivity index (χ3v) is 13.4. The van der Waals surface area contributed by atoms with Gasteiger partial charge < -0.3 is 69.3 Å². The molecule has 0 aromatic rings. The summed E-state index contributed by atoms with van der Waals surface area (Å²) in [5, 5.41) is 88.0. The van der Waals surface area contributed by atoms with Gasteiger partial charge in [0.15, 0.2) is 24.2 Å². The van der Waals surface area contributed by atoms with Crippen LogP contribution in [0.5, 0.6) is 0 Å². The summed E-state index contributed by atoms with van der Waals surface area (Å²) in [4.78, 5) is 26.3. The zero-order valence-corrected chi connectivity index (χ0v) is 38.7. The molecular weight excluding hydrogens is 833 g/mol. The van der Waals surface area contributed by atoms with Crippen LogP contribution in [0.2, 0.25) is 0 Å². The van der Waals surface area contributed by atoms with Crippen LogP contribution in [0, 0.1) is 23.7 Å². The first-order valence-corrected chi connectivity index (χ1v) is 23.0. The molecule has 6 unspecified atom stereocenters. The lowest BCUT2D eigenvalue weighted by molar-refractivity contribution is -0.339. The van der Waals surface area contributed by atoms with E-state index in [0.29, 0.717) is 6.42 Å². The van der Waals surface area contributed by atoms with Gasteiger partial charge in [-0.2, -0.15) is 0 Å². The molecule has 4 aliphatic rings. The number of aliphatic hydroxyl groups excluding tert-OH is 6. The lowest BCUT2D eigenvalue weighted by Gasteiger charge is -2.49. The van der Waals surface area contributed by atoms with E-state index in [2.05, 4.69) is 0 Å². The van der Waals surface area contributed by atoms with Crippen LogP contribution < -0.4 is 0 Å². The predicted octanol–water partition coefficient (Wildman–Crippen LogP) is 3.21. The molecule has 16 nitrogen and oxygen atoms in total. The molecule has 3 saturated heterocycles. The zero-order valence-electron chi connectivity index (χ0n) is 38.7. The van der Waals surface area contributed by atoms with E-state index in [-0.39, 0.29) is 49.5 Å². The first-order valence-electron chi connectivity index (χ1n) is 23.0. The van der Waals surface area contributed by atoms with E-state index in [9.17, 15) is 50.4 Å². The van der Waals surface area contributed by atoms with Crippen LogP contribution in [0.1, 0.15) is 107 Å². The third kappa shape index (κ3) is 14.9. The van der Waals surface area contributed by atoms with Crippen LogP contribution in [0.4, 0.5) is 0 Å². The van der Waals surface area contributed by atoms with Crippen molar-refractivity contribution in [2.75, 3.05) is 0 Å². The Morgan fingerprint density at radius 3 is 1.98 bits per heavy atom. The number of aliphatic hydroxyl groups is 8. The zero-order chi connectivity index (χ0) is 47.5. The molecule has 8 N–H and O–H groups in total. The van der Waals surface area contributed by atoms with E-state index in [1.807, 2.05) is 65.0 Å². The number of carbonyl (C=O) groups is 2. The highest BCUT2D eigenvalue weighted by Gasteiger charge is 2.53. The standard InChI is InChI=1S/C48H76O16/c1-9-38-29(4)45(63-42-24-36(51)28(3)31(6)59-42)27(2)18-16-14-12-10-11-13-15-17-19-34(61-46-44(56)30(5)43(55)32(7)60-46)23-40-47(8,57)39(53)26-48(58,64-40)25-33(49)22-37(52)35(50)20-21-41(54)62-38/h10-19,27-36,38-40,42-46,49-51,53,55-58H,9,20-26H2,1-8H3/b11-10+,14-12+,15-13+,18-16+,19-17+/t27?,28-,29?,30-,31-,32+,33-,34?,35+,36+,38?,39-,40?,42-,43-,44-,45?,46-,47-,48+/m0/s1. The molecule has 0 amide bonds. The Morgan fingerprint density at radius 1 is 0.734 bits per heavy atom. The highest BCUT2D eigenvalue weighted by Crippen LogP contribution is 2.40. The van der Waals surface area contributed by atoms with Gasteiger partial charge in [0.1, 0.15) is 23.9 Å². The Labute approximate surface area is 378 Å². The summed E-state index contributed by atoms with van der Waals surface area (Å²) >= 11 is 0. The molecule has 4 heterocycles. The van der Waals surface area contributed by atoms with E-state index in [4.69, 9.17) is 28.4 Å². The molecule has 0 aliphatic carbocycles. The Hall–Kier alpha value is -2.68. The number of Topliss-reactive ketones (excluding diaryl/α,β-unsaturated/α-hetero) is 1. The molecule has 0 saturated carbocycles. The lowest BCUT2D eigenvalue weighted by atomic mass is 9.80. The number of rotatable bonds is 5. The van der Waals surface area contributed by atoms with Crippen molar-refractivity contribution < 1.29 is 78.9 Å². The number of carbonyl (C=O) groups excluding carboxylic acids is 2. The number of ether oxygens (including phenoxy) is 6. The molecule has 4 aliphatic heterocycles. The molecule has 64 heavy (non-hydrogen) atoms. The van der Waals surface area contributed by atoms with Gasteiger partial charge >= 0.3 is 5.97 Å². The van der Waals surface area contributed by atoms with Gasteiger partial charge in [-0.05, 0) is 33.6 Å². The molecule has 20 atom stereocenters. The number of cyclic esters (lactones) is 1. The summed E-state index contributed by atoms with van der Waals surface area (Å²) in [6, 6.07) is 0. The van der Waals surface area contributed by atoms with Crippen molar-refractivity contribution in [1.82, 2.24) is 0 Å². The molecule has 0 aromatic heterocycles. The maximum Gasteiger partial charge on any atom is 0.306 e.